The Balaban J connectivity index is 1.33. The lowest BCUT2D eigenvalue weighted by atomic mass is 9.82. The number of carbonyl (C=O) groups is 2. The zero-order valence-corrected chi connectivity index (χ0v) is 18.8. The van der Waals surface area contributed by atoms with Crippen molar-refractivity contribution < 1.29 is 23.5 Å². The molecule has 7 nitrogen and oxygen atoms in total. The van der Waals surface area contributed by atoms with Gasteiger partial charge in [-0.3, -0.25) is 4.79 Å². The van der Waals surface area contributed by atoms with Crippen LogP contribution in [0.4, 0.5) is 0 Å². The van der Waals surface area contributed by atoms with Crippen molar-refractivity contribution in [3.63, 3.8) is 0 Å². The molecule has 0 unspecified atom stereocenters. The van der Waals surface area contributed by atoms with Crippen molar-refractivity contribution in [2.45, 2.75) is 64.7 Å². The van der Waals surface area contributed by atoms with E-state index in [0.29, 0.717) is 30.5 Å². The lowest BCUT2D eigenvalue weighted by Gasteiger charge is -2.29. The molecule has 1 amide bonds. The number of carboxylic acid groups (broad SMARTS) is 1. The van der Waals surface area contributed by atoms with E-state index in [1.54, 1.807) is 6.07 Å². The first kappa shape index (κ1) is 21.7. The van der Waals surface area contributed by atoms with Crippen molar-refractivity contribution in [2.75, 3.05) is 6.54 Å². The summed E-state index contributed by atoms with van der Waals surface area (Å²) in [5, 5.41) is 15.8. The Bertz CT molecular complexity index is 1290. The van der Waals surface area contributed by atoms with Crippen molar-refractivity contribution in [3.8, 4) is 0 Å². The van der Waals surface area contributed by atoms with Crippen molar-refractivity contribution >= 4 is 33.8 Å². The molecule has 1 N–H and O–H groups in total. The van der Waals surface area contributed by atoms with E-state index in [0.717, 1.165) is 66.2 Å². The average molecular weight is 451 g/mol. The van der Waals surface area contributed by atoms with E-state index in [-0.39, 0.29) is 24.2 Å². The van der Waals surface area contributed by atoms with E-state index in [4.69, 9.17) is 8.83 Å². The predicted molar refractivity (Wildman–Crippen MR) is 121 cm³/mol. The summed E-state index contributed by atoms with van der Waals surface area (Å²) in [6.07, 6.45) is 6.82. The molecule has 1 fully saturated rings. The Morgan fingerprint density at radius 3 is 2.52 bits per heavy atom. The fraction of sp³-hybridized carbons (Fsp3) is 0.500. The first-order valence-corrected chi connectivity index (χ1v) is 11.9. The largest absolute Gasteiger partial charge is 0.550 e. The fourth-order valence-electron chi connectivity index (χ4n) is 5.43. The number of aliphatic carboxylic acids is 1. The second kappa shape index (κ2) is 8.69. The Labute approximate surface area is 191 Å². The highest BCUT2D eigenvalue weighted by atomic mass is 16.4. The molecule has 0 aliphatic heterocycles. The van der Waals surface area contributed by atoms with Gasteiger partial charge < -0.3 is 24.1 Å². The Kier molecular flexibility index (Phi) is 5.72. The number of amides is 1. The predicted octanol–water partition coefficient (Wildman–Crippen LogP) is 2.94. The summed E-state index contributed by atoms with van der Waals surface area (Å²) < 4.78 is 11.6. The van der Waals surface area contributed by atoms with Crippen LogP contribution in [0.5, 0.6) is 0 Å². The first-order valence-electron chi connectivity index (χ1n) is 11.9. The number of carboxylic acids is 1. The first-order chi connectivity index (χ1) is 15.9. The van der Waals surface area contributed by atoms with Crippen LogP contribution in [-0.2, 0) is 28.9 Å². The minimum atomic E-state index is -0.982. The van der Waals surface area contributed by atoms with E-state index in [2.05, 4.69) is 5.32 Å². The molecule has 3 aromatic rings. The van der Waals surface area contributed by atoms with Crippen LogP contribution in [0, 0.1) is 18.8 Å². The smallest absolute Gasteiger partial charge is 0.340 e. The highest BCUT2D eigenvalue weighted by molar-refractivity contribution is 5.97. The minimum absolute atomic E-state index is 0.0416. The molecule has 0 atom stereocenters. The monoisotopic (exact) mass is 450 g/mol. The highest BCUT2D eigenvalue weighted by Crippen LogP contribution is 2.35. The molecule has 5 rings (SSSR count). The second-order valence-corrected chi connectivity index (χ2v) is 9.57. The lowest BCUT2D eigenvalue weighted by molar-refractivity contribution is -0.312. The topological polar surface area (TPSA) is 113 Å². The molecule has 1 saturated carbocycles. The van der Waals surface area contributed by atoms with E-state index < -0.39 is 11.6 Å². The second-order valence-electron chi connectivity index (χ2n) is 9.57. The van der Waals surface area contributed by atoms with Crippen LogP contribution in [0.1, 0.15) is 61.0 Å². The zero-order valence-electron chi connectivity index (χ0n) is 18.8. The van der Waals surface area contributed by atoms with Crippen molar-refractivity contribution in [1.29, 1.82) is 0 Å². The van der Waals surface area contributed by atoms with Gasteiger partial charge in [-0.05, 0) is 75.3 Å². The molecule has 0 bridgehead atoms. The third kappa shape index (κ3) is 4.16. The van der Waals surface area contributed by atoms with Gasteiger partial charge in [-0.1, -0.05) is 0 Å². The van der Waals surface area contributed by atoms with Crippen molar-refractivity contribution in [1.82, 2.24) is 5.32 Å². The highest BCUT2D eigenvalue weighted by Gasteiger charge is 2.24. The van der Waals surface area contributed by atoms with E-state index >= 15 is 0 Å². The van der Waals surface area contributed by atoms with Gasteiger partial charge in [0.15, 0.2) is 0 Å². The van der Waals surface area contributed by atoms with Gasteiger partial charge in [0.1, 0.15) is 16.9 Å². The maximum Gasteiger partial charge on any atom is 0.340 e. The molecule has 174 valence electrons. The molecular formula is C26H28NO6-. The number of nitrogens with one attached hydrogen (secondary N) is 1. The minimum Gasteiger partial charge on any atom is -0.550 e. The number of rotatable bonds is 5. The number of furan rings is 1. The van der Waals surface area contributed by atoms with Crippen LogP contribution < -0.4 is 16.0 Å². The number of aryl methyl sites for hydroxylation is 3. The summed E-state index contributed by atoms with van der Waals surface area (Å²) in [6, 6.07) is 3.83. The number of benzene rings is 1. The molecular weight excluding hydrogens is 422 g/mol. The van der Waals surface area contributed by atoms with Crippen molar-refractivity contribution in [3.05, 3.63) is 45.0 Å². The summed E-state index contributed by atoms with van der Waals surface area (Å²) in [5.41, 5.74) is 3.11. The molecule has 2 aromatic heterocycles. The van der Waals surface area contributed by atoms with Crippen molar-refractivity contribution in [2.24, 2.45) is 11.8 Å². The fourth-order valence-corrected chi connectivity index (χ4v) is 5.43. The normalized spacial score (nSPS) is 20.6. The van der Waals surface area contributed by atoms with Gasteiger partial charge in [0.05, 0.1) is 12.0 Å². The molecule has 2 aliphatic carbocycles. The SMILES string of the molecule is Cc1c(CC(=O)NCC2CCC(C(=O)[O-])CC2)c(=O)oc2cc3oc4c(c3cc12)CCCC4. The van der Waals surface area contributed by atoms with Gasteiger partial charge in [-0.15, -0.1) is 0 Å². The maximum atomic E-state index is 12.7. The zero-order chi connectivity index (χ0) is 23.1. The Hall–Kier alpha value is -3.09. The molecule has 0 radical (unpaired) electrons. The standard InChI is InChI=1S/C26H29NO6/c1-14-18-10-20-17-4-2-3-5-21(17)32-23(20)12-22(18)33-26(31)19(14)11-24(28)27-13-15-6-8-16(9-7-15)25(29)30/h10,12,15-16H,2-9,11,13H2,1H3,(H,27,28)(H,29,30)/p-1. The van der Waals surface area contributed by atoms with Gasteiger partial charge in [-0.2, -0.15) is 0 Å². The Morgan fingerprint density at radius 2 is 1.76 bits per heavy atom. The number of fused-ring (bicyclic) bond motifs is 4. The van der Waals surface area contributed by atoms with Crippen LogP contribution in [0.25, 0.3) is 21.9 Å². The summed E-state index contributed by atoms with van der Waals surface area (Å²) in [7, 11) is 0. The van der Waals surface area contributed by atoms with Gasteiger partial charge in [0.25, 0.3) is 0 Å². The number of carbonyl (C=O) groups excluding carboxylic acids is 2. The summed E-state index contributed by atoms with van der Waals surface area (Å²) >= 11 is 0. The lowest BCUT2D eigenvalue weighted by Crippen LogP contribution is -2.37. The van der Waals surface area contributed by atoms with Crippen LogP contribution in [0.15, 0.2) is 25.8 Å². The number of hydrogen-bond acceptors (Lipinski definition) is 6. The molecule has 1 aromatic carbocycles. The van der Waals surface area contributed by atoms with Crippen LogP contribution in [0.3, 0.4) is 0 Å². The Morgan fingerprint density at radius 1 is 1.03 bits per heavy atom. The molecule has 2 aliphatic rings. The number of hydrogen-bond donors (Lipinski definition) is 1. The summed E-state index contributed by atoms with van der Waals surface area (Å²) in [4.78, 5) is 36.3. The van der Waals surface area contributed by atoms with E-state index in [1.807, 2.05) is 13.0 Å². The molecule has 2 heterocycles. The molecule has 33 heavy (non-hydrogen) atoms. The molecule has 0 saturated heterocycles. The third-order valence-corrected chi connectivity index (χ3v) is 7.47. The molecule has 0 spiro atoms. The maximum absolute atomic E-state index is 12.7. The van der Waals surface area contributed by atoms with Crippen LogP contribution >= 0.6 is 0 Å². The van der Waals surface area contributed by atoms with Gasteiger partial charge in [0, 0.05) is 41.3 Å². The van der Waals surface area contributed by atoms with Gasteiger partial charge in [0.2, 0.25) is 5.91 Å². The summed E-state index contributed by atoms with van der Waals surface area (Å²) in [5.74, 6) is -0.314. The van der Waals surface area contributed by atoms with Crippen LogP contribution in [-0.4, -0.2) is 18.4 Å². The van der Waals surface area contributed by atoms with Gasteiger partial charge >= 0.3 is 5.63 Å². The van der Waals surface area contributed by atoms with Gasteiger partial charge in [-0.25, -0.2) is 4.79 Å². The van der Waals surface area contributed by atoms with Crippen LogP contribution in [0.2, 0.25) is 0 Å². The van der Waals surface area contributed by atoms with E-state index in [9.17, 15) is 19.5 Å². The van der Waals surface area contributed by atoms with E-state index in [1.165, 1.54) is 5.56 Å². The summed E-state index contributed by atoms with van der Waals surface area (Å²) in [6.45, 7) is 2.35. The third-order valence-electron chi connectivity index (χ3n) is 7.47. The quantitative estimate of drug-likeness (QED) is 0.598. The molecule has 7 heteroatoms. The average Bonchev–Trinajstić information content (AvgIpc) is 3.17.